The number of aromatic nitrogens is 1. The number of aliphatic hydroxyl groups is 1. The Labute approximate surface area is 101 Å². The van der Waals surface area contributed by atoms with Crippen molar-refractivity contribution in [2.45, 2.75) is 39.5 Å². The van der Waals surface area contributed by atoms with Gasteiger partial charge in [0.25, 0.3) is 5.91 Å². The van der Waals surface area contributed by atoms with Crippen molar-refractivity contribution >= 4 is 5.91 Å². The van der Waals surface area contributed by atoms with E-state index in [1.54, 1.807) is 6.92 Å². The summed E-state index contributed by atoms with van der Waals surface area (Å²) in [7, 11) is 0. The third kappa shape index (κ3) is 3.85. The summed E-state index contributed by atoms with van der Waals surface area (Å²) in [6.45, 7) is 4.51. The molecule has 0 bridgehead atoms. The lowest BCUT2D eigenvalue weighted by molar-refractivity contribution is 0.0950. The molecule has 0 radical (unpaired) electrons. The van der Waals surface area contributed by atoms with E-state index in [0.29, 0.717) is 30.0 Å². The van der Waals surface area contributed by atoms with Crippen molar-refractivity contribution < 1.29 is 14.4 Å². The van der Waals surface area contributed by atoms with Crippen LogP contribution in [0.3, 0.4) is 0 Å². The molecule has 0 aliphatic carbocycles. The number of nitrogens with zero attached hydrogens (tertiary/aromatic N) is 1. The molecule has 0 spiro atoms. The van der Waals surface area contributed by atoms with Gasteiger partial charge in [0, 0.05) is 13.2 Å². The second kappa shape index (κ2) is 7.06. The maximum Gasteiger partial charge on any atom is 0.256 e. The highest BCUT2D eigenvalue weighted by molar-refractivity contribution is 5.96. The van der Waals surface area contributed by atoms with Crippen molar-refractivity contribution in [3.05, 3.63) is 17.0 Å². The highest BCUT2D eigenvalue weighted by Gasteiger charge is 2.18. The second-order valence-electron chi connectivity index (χ2n) is 3.95. The summed E-state index contributed by atoms with van der Waals surface area (Å²) in [5.41, 5.74) is 1.27. The molecule has 96 valence electrons. The van der Waals surface area contributed by atoms with E-state index in [4.69, 9.17) is 9.63 Å². The van der Waals surface area contributed by atoms with E-state index < -0.39 is 0 Å². The van der Waals surface area contributed by atoms with E-state index in [2.05, 4.69) is 10.5 Å². The molecule has 17 heavy (non-hydrogen) atoms. The topological polar surface area (TPSA) is 75.4 Å². The minimum Gasteiger partial charge on any atom is -0.396 e. The van der Waals surface area contributed by atoms with Gasteiger partial charge in [-0.1, -0.05) is 12.1 Å². The molecule has 0 aromatic carbocycles. The number of nitrogens with one attached hydrogen (secondary N) is 1. The molecule has 0 fully saturated rings. The predicted molar refractivity (Wildman–Crippen MR) is 63.9 cm³/mol. The number of hydrogen-bond acceptors (Lipinski definition) is 4. The monoisotopic (exact) mass is 240 g/mol. The number of hydrogen-bond donors (Lipinski definition) is 2. The van der Waals surface area contributed by atoms with Gasteiger partial charge in [0.05, 0.1) is 5.69 Å². The summed E-state index contributed by atoms with van der Waals surface area (Å²) in [6.07, 6.45) is 3.26. The summed E-state index contributed by atoms with van der Waals surface area (Å²) >= 11 is 0. The van der Waals surface area contributed by atoms with E-state index in [1.165, 1.54) is 0 Å². The van der Waals surface area contributed by atoms with Gasteiger partial charge in [0.1, 0.15) is 11.3 Å². The standard InChI is InChI=1S/C12H20N2O3/c1-3-10-11(9(2)17-14-10)12(16)13-7-5-4-6-8-15/h15H,3-8H2,1-2H3,(H,13,16). The molecule has 1 amide bonds. The lowest BCUT2D eigenvalue weighted by Gasteiger charge is -2.04. The number of rotatable bonds is 7. The first kappa shape index (κ1) is 13.7. The first-order valence-electron chi connectivity index (χ1n) is 6.04. The van der Waals surface area contributed by atoms with Gasteiger partial charge in [-0.15, -0.1) is 0 Å². The average Bonchev–Trinajstić information content (AvgIpc) is 2.70. The Morgan fingerprint density at radius 2 is 2.18 bits per heavy atom. The van der Waals surface area contributed by atoms with Gasteiger partial charge in [-0.3, -0.25) is 4.79 Å². The van der Waals surface area contributed by atoms with Gasteiger partial charge >= 0.3 is 0 Å². The van der Waals surface area contributed by atoms with E-state index in [9.17, 15) is 4.79 Å². The van der Waals surface area contributed by atoms with Crippen LogP contribution in [-0.2, 0) is 6.42 Å². The van der Waals surface area contributed by atoms with E-state index in [0.717, 1.165) is 19.3 Å². The molecule has 1 aromatic heterocycles. The van der Waals surface area contributed by atoms with Crippen LogP contribution in [0.2, 0.25) is 0 Å². The van der Waals surface area contributed by atoms with Gasteiger partial charge in [-0.05, 0) is 32.6 Å². The molecule has 1 aromatic rings. The van der Waals surface area contributed by atoms with Crippen molar-refractivity contribution in [1.82, 2.24) is 10.5 Å². The fraction of sp³-hybridized carbons (Fsp3) is 0.667. The lowest BCUT2D eigenvalue weighted by atomic mass is 10.1. The molecule has 0 atom stereocenters. The number of aliphatic hydroxyl groups excluding tert-OH is 1. The van der Waals surface area contributed by atoms with Crippen LogP contribution < -0.4 is 5.32 Å². The molecule has 0 saturated carbocycles. The van der Waals surface area contributed by atoms with Crippen molar-refractivity contribution in [3.8, 4) is 0 Å². The molecule has 0 unspecified atom stereocenters. The summed E-state index contributed by atoms with van der Waals surface area (Å²) in [6, 6.07) is 0. The maximum absolute atomic E-state index is 11.9. The van der Waals surface area contributed by atoms with Gasteiger partial charge in [-0.25, -0.2) is 0 Å². The predicted octanol–water partition coefficient (Wildman–Crippen LogP) is 1.44. The zero-order valence-corrected chi connectivity index (χ0v) is 10.5. The Hall–Kier alpha value is -1.36. The van der Waals surface area contributed by atoms with E-state index in [-0.39, 0.29) is 12.5 Å². The van der Waals surface area contributed by atoms with Gasteiger partial charge < -0.3 is 14.9 Å². The molecule has 5 heteroatoms. The lowest BCUT2D eigenvalue weighted by Crippen LogP contribution is -2.25. The molecule has 0 aliphatic rings. The van der Waals surface area contributed by atoms with Crippen LogP contribution in [0, 0.1) is 6.92 Å². The maximum atomic E-state index is 11.9. The molecule has 5 nitrogen and oxygen atoms in total. The average molecular weight is 240 g/mol. The Balaban J connectivity index is 2.44. The Morgan fingerprint density at radius 1 is 1.41 bits per heavy atom. The summed E-state index contributed by atoms with van der Waals surface area (Å²) in [5.74, 6) is 0.444. The fourth-order valence-corrected chi connectivity index (χ4v) is 1.65. The van der Waals surface area contributed by atoms with E-state index >= 15 is 0 Å². The number of carbonyl (C=O) groups excluding carboxylic acids is 1. The fourth-order valence-electron chi connectivity index (χ4n) is 1.65. The van der Waals surface area contributed by atoms with Crippen LogP contribution in [0.25, 0.3) is 0 Å². The number of aryl methyl sites for hydroxylation is 2. The van der Waals surface area contributed by atoms with Crippen LogP contribution in [0.15, 0.2) is 4.52 Å². The molecule has 1 heterocycles. The number of carbonyl (C=O) groups is 1. The highest BCUT2D eigenvalue weighted by Crippen LogP contribution is 2.13. The summed E-state index contributed by atoms with van der Waals surface area (Å²) in [5, 5.41) is 15.3. The number of amides is 1. The van der Waals surface area contributed by atoms with Crippen LogP contribution in [0.1, 0.15) is 48.0 Å². The van der Waals surface area contributed by atoms with Crippen LogP contribution in [0.4, 0.5) is 0 Å². The smallest absolute Gasteiger partial charge is 0.256 e. The van der Waals surface area contributed by atoms with E-state index in [1.807, 2.05) is 6.92 Å². The molecule has 0 aliphatic heterocycles. The first-order valence-corrected chi connectivity index (χ1v) is 6.04. The first-order chi connectivity index (χ1) is 8.20. The minimum absolute atomic E-state index is 0.121. The number of unbranched alkanes of at least 4 members (excludes halogenated alkanes) is 2. The Morgan fingerprint density at radius 3 is 2.82 bits per heavy atom. The normalized spacial score (nSPS) is 10.5. The second-order valence-corrected chi connectivity index (χ2v) is 3.95. The van der Waals surface area contributed by atoms with Gasteiger partial charge in [0.2, 0.25) is 0 Å². The zero-order valence-electron chi connectivity index (χ0n) is 10.5. The highest BCUT2D eigenvalue weighted by atomic mass is 16.5. The van der Waals surface area contributed by atoms with Crippen molar-refractivity contribution in [2.24, 2.45) is 0 Å². The van der Waals surface area contributed by atoms with Gasteiger partial charge in [-0.2, -0.15) is 0 Å². The van der Waals surface area contributed by atoms with Crippen molar-refractivity contribution in [3.63, 3.8) is 0 Å². The quantitative estimate of drug-likeness (QED) is 0.707. The third-order valence-electron chi connectivity index (χ3n) is 2.62. The van der Waals surface area contributed by atoms with Crippen LogP contribution >= 0.6 is 0 Å². The molecular formula is C12H20N2O3. The summed E-state index contributed by atoms with van der Waals surface area (Å²) < 4.78 is 5.01. The van der Waals surface area contributed by atoms with Crippen LogP contribution in [-0.4, -0.2) is 29.3 Å². The Kier molecular flexibility index (Phi) is 5.69. The molecule has 1 rings (SSSR count). The SMILES string of the molecule is CCc1noc(C)c1C(=O)NCCCCCO. The minimum atomic E-state index is -0.121. The molecular weight excluding hydrogens is 220 g/mol. The Bertz CT molecular complexity index is 361. The zero-order chi connectivity index (χ0) is 12.7. The summed E-state index contributed by atoms with van der Waals surface area (Å²) in [4.78, 5) is 11.9. The molecule has 2 N–H and O–H groups in total. The van der Waals surface area contributed by atoms with Crippen LogP contribution in [0.5, 0.6) is 0 Å². The molecule has 0 saturated heterocycles. The third-order valence-corrected chi connectivity index (χ3v) is 2.62. The van der Waals surface area contributed by atoms with Crippen molar-refractivity contribution in [1.29, 1.82) is 0 Å². The van der Waals surface area contributed by atoms with Crippen molar-refractivity contribution in [2.75, 3.05) is 13.2 Å². The largest absolute Gasteiger partial charge is 0.396 e. The van der Waals surface area contributed by atoms with Gasteiger partial charge in [0.15, 0.2) is 0 Å².